The summed E-state index contributed by atoms with van der Waals surface area (Å²) >= 11 is 7.32. The summed E-state index contributed by atoms with van der Waals surface area (Å²) < 4.78 is 0.708. The normalized spacial score (nSPS) is 10.6. The lowest BCUT2D eigenvalue weighted by molar-refractivity contribution is 0.889. The Hall–Kier alpha value is -1.13. The standard InChI is InChI=1S/C11H11ClN2OS/c1-2-3-7-10(13-6-14-11(7)15)8-4-5-9(12)16-8/h4-6H,2-3H2,1H3,(H,13,14,15). The molecule has 3 nitrogen and oxygen atoms in total. The number of nitrogens with one attached hydrogen (secondary N) is 1. The van der Waals surface area contributed by atoms with Crippen molar-refractivity contribution in [1.29, 1.82) is 0 Å². The maximum absolute atomic E-state index is 11.7. The first-order chi connectivity index (χ1) is 7.72. The number of halogens is 1. The quantitative estimate of drug-likeness (QED) is 0.915. The van der Waals surface area contributed by atoms with E-state index in [0.717, 1.165) is 29.0 Å². The van der Waals surface area contributed by atoms with E-state index >= 15 is 0 Å². The van der Waals surface area contributed by atoms with Crippen LogP contribution in [0, 0.1) is 0 Å². The molecule has 1 N–H and O–H groups in total. The van der Waals surface area contributed by atoms with Crippen molar-refractivity contribution in [3.63, 3.8) is 0 Å². The summed E-state index contributed by atoms with van der Waals surface area (Å²) in [6, 6.07) is 3.72. The van der Waals surface area contributed by atoms with Crippen LogP contribution >= 0.6 is 22.9 Å². The Morgan fingerprint density at radius 2 is 2.31 bits per heavy atom. The second-order valence-corrected chi connectivity index (χ2v) is 5.13. The molecule has 2 aromatic heterocycles. The van der Waals surface area contributed by atoms with Crippen molar-refractivity contribution in [1.82, 2.24) is 9.97 Å². The Kier molecular flexibility index (Phi) is 3.41. The van der Waals surface area contributed by atoms with Crippen LogP contribution in [0.2, 0.25) is 4.34 Å². The topological polar surface area (TPSA) is 45.8 Å². The van der Waals surface area contributed by atoms with Crippen LogP contribution in [0.1, 0.15) is 18.9 Å². The van der Waals surface area contributed by atoms with E-state index in [1.54, 1.807) is 0 Å². The molecule has 16 heavy (non-hydrogen) atoms. The van der Waals surface area contributed by atoms with Crippen LogP contribution in [-0.4, -0.2) is 9.97 Å². The number of H-pyrrole nitrogens is 1. The second-order valence-electron chi connectivity index (χ2n) is 3.41. The lowest BCUT2D eigenvalue weighted by Crippen LogP contribution is -2.14. The lowest BCUT2D eigenvalue weighted by atomic mass is 10.1. The minimum absolute atomic E-state index is 0.0589. The van der Waals surface area contributed by atoms with Crippen LogP contribution in [0.3, 0.4) is 0 Å². The lowest BCUT2D eigenvalue weighted by Gasteiger charge is -2.03. The monoisotopic (exact) mass is 254 g/mol. The highest BCUT2D eigenvalue weighted by Crippen LogP contribution is 2.30. The zero-order chi connectivity index (χ0) is 11.5. The van der Waals surface area contributed by atoms with Crippen molar-refractivity contribution in [3.05, 3.63) is 38.7 Å². The van der Waals surface area contributed by atoms with Crippen molar-refractivity contribution in [2.45, 2.75) is 19.8 Å². The number of nitrogens with zero attached hydrogens (tertiary/aromatic N) is 1. The van der Waals surface area contributed by atoms with E-state index in [-0.39, 0.29) is 5.56 Å². The Bertz CT molecular complexity index is 547. The number of aromatic amines is 1. The number of rotatable bonds is 3. The van der Waals surface area contributed by atoms with Gasteiger partial charge in [-0.15, -0.1) is 11.3 Å². The predicted octanol–water partition coefficient (Wildman–Crippen LogP) is 3.10. The van der Waals surface area contributed by atoms with Crippen molar-refractivity contribution in [2.24, 2.45) is 0 Å². The highest BCUT2D eigenvalue weighted by atomic mass is 35.5. The first-order valence-electron chi connectivity index (χ1n) is 5.04. The SMILES string of the molecule is CCCc1c(-c2ccc(Cl)s2)nc[nH]c1=O. The van der Waals surface area contributed by atoms with Gasteiger partial charge in [0.1, 0.15) is 0 Å². The molecule has 0 spiro atoms. The molecule has 0 saturated carbocycles. The molecule has 0 aromatic carbocycles. The summed E-state index contributed by atoms with van der Waals surface area (Å²) in [6.45, 7) is 2.04. The molecule has 0 radical (unpaired) electrons. The van der Waals surface area contributed by atoms with Gasteiger partial charge in [0.25, 0.3) is 5.56 Å². The molecular formula is C11H11ClN2OS. The van der Waals surface area contributed by atoms with Gasteiger partial charge in [-0.3, -0.25) is 4.79 Å². The minimum Gasteiger partial charge on any atom is -0.313 e. The fourth-order valence-corrected chi connectivity index (χ4v) is 2.63. The van der Waals surface area contributed by atoms with E-state index in [1.807, 2.05) is 19.1 Å². The molecular weight excluding hydrogens is 244 g/mol. The number of hydrogen-bond acceptors (Lipinski definition) is 3. The van der Waals surface area contributed by atoms with E-state index in [2.05, 4.69) is 9.97 Å². The van der Waals surface area contributed by atoms with Gasteiger partial charge in [-0.05, 0) is 18.6 Å². The summed E-state index contributed by atoms with van der Waals surface area (Å²) in [4.78, 5) is 19.5. The fourth-order valence-electron chi connectivity index (χ4n) is 1.56. The van der Waals surface area contributed by atoms with Crippen molar-refractivity contribution in [2.75, 3.05) is 0 Å². The van der Waals surface area contributed by atoms with E-state index in [0.29, 0.717) is 4.34 Å². The molecule has 0 amide bonds. The second kappa shape index (κ2) is 4.80. The summed E-state index contributed by atoms with van der Waals surface area (Å²) in [5.74, 6) is 0. The number of hydrogen-bond donors (Lipinski definition) is 1. The molecule has 2 aromatic rings. The van der Waals surface area contributed by atoms with Gasteiger partial charge in [0.15, 0.2) is 0 Å². The number of thiophene rings is 1. The van der Waals surface area contributed by atoms with Crippen LogP contribution in [-0.2, 0) is 6.42 Å². The summed E-state index contributed by atoms with van der Waals surface area (Å²) in [6.07, 6.45) is 3.08. The van der Waals surface area contributed by atoms with Crippen molar-refractivity contribution < 1.29 is 0 Å². The van der Waals surface area contributed by atoms with Gasteiger partial charge < -0.3 is 4.98 Å². The van der Waals surface area contributed by atoms with Gasteiger partial charge in [-0.1, -0.05) is 24.9 Å². The van der Waals surface area contributed by atoms with E-state index < -0.39 is 0 Å². The first-order valence-corrected chi connectivity index (χ1v) is 6.24. The van der Waals surface area contributed by atoms with Gasteiger partial charge >= 0.3 is 0 Å². The maximum atomic E-state index is 11.7. The van der Waals surface area contributed by atoms with E-state index in [4.69, 9.17) is 11.6 Å². The summed E-state index contributed by atoms with van der Waals surface area (Å²) in [5, 5.41) is 0. The zero-order valence-corrected chi connectivity index (χ0v) is 10.4. The average molecular weight is 255 g/mol. The van der Waals surface area contributed by atoms with E-state index in [9.17, 15) is 4.79 Å². The van der Waals surface area contributed by atoms with Crippen LogP contribution in [0.25, 0.3) is 10.6 Å². The third-order valence-corrected chi connectivity index (χ3v) is 3.49. The molecule has 0 atom stereocenters. The van der Waals surface area contributed by atoms with Crippen LogP contribution in [0.15, 0.2) is 23.3 Å². The van der Waals surface area contributed by atoms with Crippen LogP contribution in [0.4, 0.5) is 0 Å². The fraction of sp³-hybridized carbons (Fsp3) is 0.273. The molecule has 84 valence electrons. The third kappa shape index (κ3) is 2.18. The molecule has 0 aliphatic carbocycles. The van der Waals surface area contributed by atoms with E-state index in [1.165, 1.54) is 17.7 Å². The first kappa shape index (κ1) is 11.4. The Morgan fingerprint density at radius 1 is 1.50 bits per heavy atom. The summed E-state index contributed by atoms with van der Waals surface area (Å²) in [5.41, 5.74) is 1.43. The third-order valence-electron chi connectivity index (χ3n) is 2.26. The molecule has 2 heterocycles. The van der Waals surface area contributed by atoms with Crippen LogP contribution < -0.4 is 5.56 Å². The molecule has 0 fully saturated rings. The van der Waals surface area contributed by atoms with Crippen molar-refractivity contribution >= 4 is 22.9 Å². The average Bonchev–Trinajstić information content (AvgIpc) is 2.68. The van der Waals surface area contributed by atoms with Crippen molar-refractivity contribution in [3.8, 4) is 10.6 Å². The number of aromatic nitrogens is 2. The largest absolute Gasteiger partial charge is 0.313 e. The Morgan fingerprint density at radius 3 is 2.94 bits per heavy atom. The highest BCUT2D eigenvalue weighted by Gasteiger charge is 2.11. The summed E-state index contributed by atoms with van der Waals surface area (Å²) in [7, 11) is 0. The smallest absolute Gasteiger partial charge is 0.254 e. The van der Waals surface area contributed by atoms with Gasteiger partial charge in [0.2, 0.25) is 0 Å². The molecule has 0 saturated heterocycles. The van der Waals surface area contributed by atoms with Crippen LogP contribution in [0.5, 0.6) is 0 Å². The highest BCUT2D eigenvalue weighted by molar-refractivity contribution is 7.19. The van der Waals surface area contributed by atoms with Gasteiger partial charge in [-0.25, -0.2) is 4.98 Å². The Balaban J connectivity index is 2.55. The zero-order valence-electron chi connectivity index (χ0n) is 8.79. The Labute approximate surface area is 102 Å². The molecule has 5 heteroatoms. The molecule has 0 bridgehead atoms. The predicted molar refractivity (Wildman–Crippen MR) is 67.2 cm³/mol. The van der Waals surface area contributed by atoms with Gasteiger partial charge in [-0.2, -0.15) is 0 Å². The minimum atomic E-state index is -0.0589. The molecule has 2 rings (SSSR count). The van der Waals surface area contributed by atoms with Gasteiger partial charge in [0.05, 0.1) is 21.2 Å². The molecule has 0 aliphatic heterocycles. The molecule has 0 aliphatic rings. The maximum Gasteiger partial charge on any atom is 0.254 e. The van der Waals surface area contributed by atoms with Gasteiger partial charge in [0, 0.05) is 5.56 Å². The molecule has 0 unspecified atom stereocenters.